The fourth-order valence-corrected chi connectivity index (χ4v) is 3.41. The number of rotatable bonds is 4. The van der Waals surface area contributed by atoms with E-state index in [2.05, 4.69) is 26.2 Å². The van der Waals surface area contributed by atoms with Crippen molar-refractivity contribution in [2.24, 2.45) is 0 Å². The van der Waals surface area contributed by atoms with Gasteiger partial charge in [0.05, 0.1) is 9.72 Å². The van der Waals surface area contributed by atoms with Crippen LogP contribution in [0, 0.1) is 0 Å². The number of ether oxygens (including phenoxy) is 2. The third kappa shape index (κ3) is 5.00. The van der Waals surface area contributed by atoms with E-state index < -0.39 is 6.09 Å². The molecule has 0 unspecified atom stereocenters. The third-order valence-corrected chi connectivity index (χ3v) is 4.20. The molecule has 0 aliphatic rings. The minimum atomic E-state index is -0.462. The number of benzene rings is 1. The maximum atomic E-state index is 11.5. The molecule has 1 heterocycles. The Labute approximate surface area is 146 Å². The highest BCUT2D eigenvalue weighted by Gasteiger charge is 2.14. The first kappa shape index (κ1) is 17.3. The van der Waals surface area contributed by atoms with Crippen LogP contribution in [0.5, 0.6) is 5.75 Å². The Balaban J connectivity index is 1.86. The molecule has 0 bridgehead atoms. The summed E-state index contributed by atoms with van der Waals surface area (Å²) in [4.78, 5) is 15.8. The molecule has 1 amide bonds. The molecular weight excluding hydrogens is 392 g/mol. The number of amides is 1. The molecule has 0 aliphatic carbocycles. The summed E-state index contributed by atoms with van der Waals surface area (Å²) in [6.07, 6.45) is -0.462. The monoisotopic (exact) mass is 406 g/mol. The summed E-state index contributed by atoms with van der Waals surface area (Å²) < 4.78 is 12.3. The highest BCUT2D eigenvalue weighted by atomic mass is 79.9. The van der Waals surface area contributed by atoms with Gasteiger partial charge >= 0.3 is 6.09 Å². The number of alkyl carbamates (subject to hydrolysis) is 1. The average molecular weight is 408 g/mol. The van der Waals surface area contributed by atoms with Crippen molar-refractivity contribution in [1.29, 1.82) is 0 Å². The molecule has 1 aromatic carbocycles. The van der Waals surface area contributed by atoms with Crippen LogP contribution in [-0.2, 0) is 4.74 Å². The van der Waals surface area contributed by atoms with Crippen LogP contribution in [0.15, 0.2) is 16.0 Å². The number of aromatic nitrogens is 1. The number of nitrogens with one attached hydrogen (secondary N) is 1. The quantitative estimate of drug-likeness (QED) is 0.752. The zero-order chi connectivity index (χ0) is 16.3. The minimum Gasteiger partial charge on any atom is -0.490 e. The Morgan fingerprint density at radius 1 is 1.41 bits per heavy atom. The standard InChI is InChI=1S/C14H16BrClN2O3S/c1-14(2,3)18-13(19)21-5-4-20-8-6-9(16)11-10(7-8)22-12(15)17-11/h6-7H,4-5H2,1-3H3,(H,18,19). The van der Waals surface area contributed by atoms with Crippen molar-refractivity contribution in [3.05, 3.63) is 21.1 Å². The van der Waals surface area contributed by atoms with E-state index >= 15 is 0 Å². The van der Waals surface area contributed by atoms with Crippen LogP contribution in [0.1, 0.15) is 20.8 Å². The maximum absolute atomic E-state index is 11.5. The number of hydrogen-bond acceptors (Lipinski definition) is 5. The first-order valence-corrected chi connectivity index (χ1v) is 8.57. The molecule has 120 valence electrons. The predicted molar refractivity (Wildman–Crippen MR) is 92.1 cm³/mol. The molecule has 0 aliphatic heterocycles. The highest BCUT2D eigenvalue weighted by Crippen LogP contribution is 2.34. The molecule has 0 atom stereocenters. The second-order valence-corrected chi connectivity index (χ2v) is 8.29. The lowest BCUT2D eigenvalue weighted by Crippen LogP contribution is -2.41. The molecule has 8 heteroatoms. The molecule has 1 N–H and O–H groups in total. The highest BCUT2D eigenvalue weighted by molar-refractivity contribution is 9.11. The summed E-state index contributed by atoms with van der Waals surface area (Å²) >= 11 is 11.0. The number of nitrogens with zero attached hydrogens (tertiary/aromatic N) is 1. The van der Waals surface area contributed by atoms with Gasteiger partial charge in [0.2, 0.25) is 0 Å². The van der Waals surface area contributed by atoms with Crippen molar-refractivity contribution in [1.82, 2.24) is 10.3 Å². The summed E-state index contributed by atoms with van der Waals surface area (Å²) in [6, 6.07) is 3.56. The lowest BCUT2D eigenvalue weighted by molar-refractivity contribution is 0.118. The summed E-state index contributed by atoms with van der Waals surface area (Å²) in [5, 5.41) is 3.23. The molecule has 22 heavy (non-hydrogen) atoms. The molecule has 0 saturated carbocycles. The molecule has 0 spiro atoms. The van der Waals surface area contributed by atoms with Crippen molar-refractivity contribution in [2.75, 3.05) is 13.2 Å². The van der Waals surface area contributed by atoms with E-state index in [4.69, 9.17) is 21.1 Å². The van der Waals surface area contributed by atoms with Crippen LogP contribution < -0.4 is 10.1 Å². The Morgan fingerprint density at radius 3 is 2.82 bits per heavy atom. The Bertz CT molecular complexity index is 685. The van der Waals surface area contributed by atoms with Gasteiger partial charge < -0.3 is 14.8 Å². The van der Waals surface area contributed by atoms with Gasteiger partial charge in [-0.15, -0.1) is 11.3 Å². The van der Waals surface area contributed by atoms with E-state index in [1.54, 1.807) is 6.07 Å². The van der Waals surface area contributed by atoms with Crippen molar-refractivity contribution in [3.63, 3.8) is 0 Å². The first-order valence-electron chi connectivity index (χ1n) is 6.58. The predicted octanol–water partition coefficient (Wildman–Crippen LogP) is 4.62. The van der Waals surface area contributed by atoms with Crippen LogP contribution in [0.25, 0.3) is 10.2 Å². The van der Waals surface area contributed by atoms with Crippen LogP contribution in [0.3, 0.4) is 0 Å². The molecule has 2 aromatic rings. The molecule has 1 aromatic heterocycles. The fourth-order valence-electron chi connectivity index (χ4n) is 1.66. The van der Waals surface area contributed by atoms with Gasteiger partial charge in [0.25, 0.3) is 0 Å². The van der Waals surface area contributed by atoms with Crippen LogP contribution >= 0.6 is 38.9 Å². The van der Waals surface area contributed by atoms with Gasteiger partial charge in [-0.2, -0.15) is 0 Å². The van der Waals surface area contributed by atoms with E-state index in [0.717, 1.165) is 14.1 Å². The number of hydrogen-bond donors (Lipinski definition) is 1. The lowest BCUT2D eigenvalue weighted by Gasteiger charge is -2.19. The summed E-state index contributed by atoms with van der Waals surface area (Å²) in [7, 11) is 0. The Hall–Kier alpha value is -1.05. The van der Waals surface area contributed by atoms with Gasteiger partial charge in [-0.25, -0.2) is 9.78 Å². The Morgan fingerprint density at radius 2 is 2.14 bits per heavy atom. The van der Waals surface area contributed by atoms with Crippen molar-refractivity contribution >= 4 is 55.2 Å². The van der Waals surface area contributed by atoms with E-state index in [1.165, 1.54) is 11.3 Å². The second kappa shape index (κ2) is 7.02. The molecule has 0 fully saturated rings. The second-order valence-electron chi connectivity index (χ2n) is 5.58. The number of carbonyl (C=O) groups is 1. The third-order valence-electron chi connectivity index (χ3n) is 2.46. The fraction of sp³-hybridized carbons (Fsp3) is 0.429. The molecule has 0 radical (unpaired) electrons. The van der Waals surface area contributed by atoms with E-state index in [0.29, 0.717) is 10.8 Å². The minimum absolute atomic E-state index is 0.157. The zero-order valence-corrected chi connectivity index (χ0v) is 15.6. The maximum Gasteiger partial charge on any atom is 0.407 e. The summed E-state index contributed by atoms with van der Waals surface area (Å²) in [5.41, 5.74) is 0.419. The summed E-state index contributed by atoms with van der Waals surface area (Å²) in [6.45, 7) is 6.06. The molecular formula is C14H16BrClN2O3S. The molecule has 0 saturated heterocycles. The zero-order valence-electron chi connectivity index (χ0n) is 12.4. The van der Waals surface area contributed by atoms with Crippen molar-refractivity contribution in [3.8, 4) is 5.75 Å². The van der Waals surface area contributed by atoms with Crippen molar-refractivity contribution in [2.45, 2.75) is 26.3 Å². The Kier molecular flexibility index (Phi) is 5.52. The first-order chi connectivity index (χ1) is 10.2. The average Bonchev–Trinajstić information content (AvgIpc) is 2.74. The SMILES string of the molecule is CC(C)(C)NC(=O)OCCOc1cc(Cl)c2nc(Br)sc2c1. The lowest BCUT2D eigenvalue weighted by atomic mass is 10.1. The van der Waals surface area contributed by atoms with Gasteiger partial charge in [-0.05, 0) is 42.8 Å². The van der Waals surface area contributed by atoms with Crippen LogP contribution in [-0.4, -0.2) is 29.8 Å². The topological polar surface area (TPSA) is 60.5 Å². The number of fused-ring (bicyclic) bond motifs is 1. The van der Waals surface area contributed by atoms with E-state index in [9.17, 15) is 4.79 Å². The molecule has 2 rings (SSSR count). The van der Waals surface area contributed by atoms with E-state index in [1.807, 2.05) is 26.8 Å². The molecule has 5 nitrogen and oxygen atoms in total. The number of thiazole rings is 1. The number of halogens is 2. The van der Waals surface area contributed by atoms with Gasteiger partial charge in [0.15, 0.2) is 3.92 Å². The van der Waals surface area contributed by atoms with Crippen LogP contribution in [0.4, 0.5) is 4.79 Å². The normalized spacial score (nSPS) is 11.5. The van der Waals surface area contributed by atoms with E-state index in [-0.39, 0.29) is 18.8 Å². The van der Waals surface area contributed by atoms with Gasteiger partial charge in [0.1, 0.15) is 24.5 Å². The van der Waals surface area contributed by atoms with Crippen LogP contribution in [0.2, 0.25) is 5.02 Å². The smallest absolute Gasteiger partial charge is 0.407 e. The van der Waals surface area contributed by atoms with Crippen molar-refractivity contribution < 1.29 is 14.3 Å². The van der Waals surface area contributed by atoms with Gasteiger partial charge in [-0.3, -0.25) is 0 Å². The largest absolute Gasteiger partial charge is 0.490 e. The number of carbonyl (C=O) groups excluding carboxylic acids is 1. The van der Waals surface area contributed by atoms with Gasteiger partial charge in [-0.1, -0.05) is 11.6 Å². The van der Waals surface area contributed by atoms with Gasteiger partial charge in [0, 0.05) is 11.6 Å². The summed E-state index contributed by atoms with van der Waals surface area (Å²) in [5.74, 6) is 0.619.